The predicted octanol–water partition coefficient (Wildman–Crippen LogP) is 4.83. The van der Waals surface area contributed by atoms with E-state index in [1.807, 2.05) is 20.8 Å². The number of rotatable bonds is 8. The molecular formula is C16H22N4O4S2. The highest BCUT2D eigenvalue weighted by Gasteiger charge is 2.28. The van der Waals surface area contributed by atoms with E-state index in [1.165, 1.54) is 17.8 Å². The molecule has 0 heterocycles. The maximum atomic E-state index is 12.1. The van der Waals surface area contributed by atoms with Gasteiger partial charge in [0.2, 0.25) is 0 Å². The number of nitrogens with zero attached hydrogens (tertiary/aromatic N) is 4. The summed E-state index contributed by atoms with van der Waals surface area (Å²) < 4.78 is 5.17. The molecule has 1 atom stereocenters. The number of hydrogen-bond acceptors (Lipinski definition) is 6. The van der Waals surface area contributed by atoms with Gasteiger partial charge in [0.15, 0.2) is 0 Å². The predicted molar refractivity (Wildman–Crippen MR) is 104 cm³/mol. The Morgan fingerprint density at radius 1 is 1.35 bits per heavy atom. The van der Waals surface area contributed by atoms with Crippen molar-refractivity contribution < 1.29 is 19.4 Å². The minimum absolute atomic E-state index is 0.00402. The van der Waals surface area contributed by atoms with Crippen LogP contribution < -0.4 is 0 Å². The molecule has 1 aromatic carbocycles. The number of azide groups is 1. The van der Waals surface area contributed by atoms with E-state index in [-0.39, 0.29) is 17.1 Å². The van der Waals surface area contributed by atoms with E-state index in [9.17, 15) is 14.7 Å². The van der Waals surface area contributed by atoms with Gasteiger partial charge in [0.05, 0.1) is 0 Å². The van der Waals surface area contributed by atoms with Crippen LogP contribution in [0.3, 0.4) is 0 Å². The lowest BCUT2D eigenvalue weighted by molar-refractivity contribution is -0.141. The van der Waals surface area contributed by atoms with Crippen LogP contribution in [0.4, 0.5) is 10.5 Å². The quantitative estimate of drug-likeness (QED) is 0.290. The molecule has 0 saturated heterocycles. The van der Waals surface area contributed by atoms with Gasteiger partial charge in [0, 0.05) is 28.1 Å². The van der Waals surface area contributed by atoms with Crippen molar-refractivity contribution in [2.45, 2.75) is 38.2 Å². The Hall–Kier alpha value is -2.03. The van der Waals surface area contributed by atoms with Crippen LogP contribution in [-0.4, -0.2) is 45.7 Å². The second kappa shape index (κ2) is 10.2. The molecule has 26 heavy (non-hydrogen) atoms. The Labute approximate surface area is 160 Å². The van der Waals surface area contributed by atoms with Crippen molar-refractivity contribution in [1.82, 2.24) is 4.90 Å². The minimum Gasteiger partial charge on any atom is -0.480 e. The normalized spacial score (nSPS) is 12.0. The third-order valence-electron chi connectivity index (χ3n) is 3.03. The van der Waals surface area contributed by atoms with Crippen molar-refractivity contribution in [2.75, 3.05) is 12.8 Å². The van der Waals surface area contributed by atoms with E-state index in [0.717, 1.165) is 4.90 Å². The van der Waals surface area contributed by atoms with Gasteiger partial charge in [0.25, 0.3) is 0 Å². The Balaban J connectivity index is 2.59. The Morgan fingerprint density at radius 3 is 2.46 bits per heavy atom. The summed E-state index contributed by atoms with van der Waals surface area (Å²) >= 11 is 0. The number of aliphatic carboxylic acids is 1. The molecular weight excluding hydrogens is 376 g/mol. The molecule has 1 rings (SSSR count). The average molecular weight is 399 g/mol. The van der Waals surface area contributed by atoms with Crippen molar-refractivity contribution >= 4 is 39.3 Å². The first-order valence-corrected chi connectivity index (χ1v) is 10.0. The zero-order valence-electron chi connectivity index (χ0n) is 15.1. The van der Waals surface area contributed by atoms with Crippen LogP contribution in [0.5, 0.6) is 0 Å². The molecule has 0 spiro atoms. The number of benzene rings is 1. The molecule has 142 valence electrons. The maximum absolute atomic E-state index is 12.1. The highest BCUT2D eigenvalue weighted by Crippen LogP contribution is 2.35. The summed E-state index contributed by atoms with van der Waals surface area (Å²) in [6.07, 6.45) is -0.710. The van der Waals surface area contributed by atoms with E-state index in [1.54, 1.807) is 35.1 Å². The number of likely N-dealkylation sites (N-methyl/N-ethyl adjacent to an activating group) is 1. The Morgan fingerprint density at radius 2 is 1.96 bits per heavy atom. The van der Waals surface area contributed by atoms with Crippen molar-refractivity contribution in [3.05, 3.63) is 40.3 Å². The second-order valence-electron chi connectivity index (χ2n) is 6.36. The lowest BCUT2D eigenvalue weighted by Gasteiger charge is -2.25. The third-order valence-corrected chi connectivity index (χ3v) is 6.37. The van der Waals surface area contributed by atoms with Crippen LogP contribution in [-0.2, 0) is 16.1 Å². The molecule has 0 aromatic heterocycles. The molecule has 0 aliphatic heterocycles. The average Bonchev–Trinajstić information content (AvgIpc) is 2.56. The van der Waals surface area contributed by atoms with Gasteiger partial charge >= 0.3 is 12.1 Å². The molecule has 1 amide bonds. The molecule has 0 bridgehead atoms. The highest BCUT2D eigenvalue weighted by atomic mass is 33.1. The second-order valence-corrected chi connectivity index (χ2v) is 9.52. The van der Waals surface area contributed by atoms with Gasteiger partial charge in [-0.05, 0) is 11.1 Å². The summed E-state index contributed by atoms with van der Waals surface area (Å²) in [5.41, 5.74) is 9.52. The summed E-state index contributed by atoms with van der Waals surface area (Å²) in [7, 11) is 4.38. The van der Waals surface area contributed by atoms with Gasteiger partial charge in [-0.1, -0.05) is 71.7 Å². The van der Waals surface area contributed by atoms with E-state index in [0.29, 0.717) is 11.3 Å². The Bertz CT molecular complexity index is 670. The number of carbonyl (C=O) groups is 2. The van der Waals surface area contributed by atoms with Crippen LogP contribution in [0.1, 0.15) is 26.3 Å². The molecule has 8 nitrogen and oxygen atoms in total. The van der Waals surface area contributed by atoms with E-state index in [2.05, 4.69) is 10.0 Å². The fourth-order valence-electron chi connectivity index (χ4n) is 1.71. The van der Waals surface area contributed by atoms with Gasteiger partial charge in [0.1, 0.15) is 12.6 Å². The fraction of sp³-hybridized carbons (Fsp3) is 0.500. The van der Waals surface area contributed by atoms with E-state index < -0.39 is 18.1 Å². The SMILES string of the molecule is CN(C(=O)OCc1ccc(N=[N+]=[N-])cc1)[C@H](CSSC(C)(C)C)C(=O)O. The molecule has 0 saturated carbocycles. The zero-order chi connectivity index (χ0) is 19.7. The number of ether oxygens (including phenoxy) is 1. The first kappa shape index (κ1) is 22.0. The standard InChI is InChI=1S/C16H22N4O4S2/c1-16(2,3)26-25-10-13(14(21)22)20(4)15(23)24-9-11-5-7-12(8-6-11)18-19-17/h5-8,13H,9-10H2,1-4H3,(H,21,22)/t13-/m1/s1. The smallest absolute Gasteiger partial charge is 0.410 e. The molecule has 0 fully saturated rings. The van der Waals surface area contributed by atoms with Gasteiger partial charge in [-0.2, -0.15) is 0 Å². The highest BCUT2D eigenvalue weighted by molar-refractivity contribution is 8.77. The number of hydrogen-bond donors (Lipinski definition) is 1. The summed E-state index contributed by atoms with van der Waals surface area (Å²) in [6, 6.07) is 5.57. The van der Waals surface area contributed by atoms with E-state index in [4.69, 9.17) is 10.3 Å². The van der Waals surface area contributed by atoms with Crippen LogP contribution in [0.2, 0.25) is 0 Å². The first-order chi connectivity index (χ1) is 12.1. The third kappa shape index (κ3) is 7.90. The van der Waals surface area contributed by atoms with Gasteiger partial charge in [-0.15, -0.1) is 0 Å². The molecule has 0 unspecified atom stereocenters. The molecule has 0 aliphatic carbocycles. The number of carbonyl (C=O) groups excluding carboxylic acids is 1. The van der Waals surface area contributed by atoms with Gasteiger partial charge < -0.3 is 9.84 Å². The van der Waals surface area contributed by atoms with Crippen molar-refractivity contribution in [1.29, 1.82) is 0 Å². The summed E-state index contributed by atoms with van der Waals surface area (Å²) in [5, 5.41) is 12.8. The molecule has 10 heteroatoms. The summed E-state index contributed by atoms with van der Waals surface area (Å²) in [6.45, 7) is 6.10. The van der Waals surface area contributed by atoms with Crippen molar-refractivity contribution in [2.24, 2.45) is 5.11 Å². The fourth-order valence-corrected chi connectivity index (χ4v) is 4.28. The number of amides is 1. The van der Waals surface area contributed by atoms with Crippen molar-refractivity contribution in [3.63, 3.8) is 0 Å². The molecule has 1 N–H and O–H groups in total. The van der Waals surface area contributed by atoms with E-state index >= 15 is 0 Å². The molecule has 1 aromatic rings. The van der Waals surface area contributed by atoms with Gasteiger partial charge in [-0.3, -0.25) is 4.90 Å². The first-order valence-electron chi connectivity index (χ1n) is 7.71. The molecule has 0 radical (unpaired) electrons. The van der Waals surface area contributed by atoms with Gasteiger partial charge in [-0.25, -0.2) is 9.59 Å². The number of carboxylic acid groups (broad SMARTS) is 1. The van der Waals surface area contributed by atoms with Crippen LogP contribution in [0.25, 0.3) is 10.4 Å². The van der Waals surface area contributed by atoms with Crippen LogP contribution in [0, 0.1) is 0 Å². The molecule has 0 aliphatic rings. The topological polar surface area (TPSA) is 116 Å². The lowest BCUT2D eigenvalue weighted by atomic mass is 10.2. The number of carboxylic acids is 1. The lowest BCUT2D eigenvalue weighted by Crippen LogP contribution is -2.44. The largest absolute Gasteiger partial charge is 0.480 e. The Kier molecular flexibility index (Phi) is 8.64. The van der Waals surface area contributed by atoms with Crippen molar-refractivity contribution in [3.8, 4) is 0 Å². The summed E-state index contributed by atoms with van der Waals surface area (Å²) in [5.74, 6) is -0.825. The minimum atomic E-state index is -1.08. The monoisotopic (exact) mass is 398 g/mol. The maximum Gasteiger partial charge on any atom is 0.410 e. The van der Waals surface area contributed by atoms with Crippen LogP contribution >= 0.6 is 21.6 Å². The van der Waals surface area contributed by atoms with Crippen LogP contribution in [0.15, 0.2) is 29.4 Å². The zero-order valence-corrected chi connectivity index (χ0v) is 16.7. The summed E-state index contributed by atoms with van der Waals surface area (Å²) in [4.78, 5) is 27.4.